The van der Waals surface area contributed by atoms with Crippen molar-refractivity contribution in [1.29, 1.82) is 0 Å². The summed E-state index contributed by atoms with van der Waals surface area (Å²) in [5.74, 6) is 0. The molecule has 0 aliphatic rings. The second-order valence-corrected chi connectivity index (χ2v) is 10.2. The van der Waals surface area contributed by atoms with Crippen LogP contribution >= 0.6 is 0 Å². The van der Waals surface area contributed by atoms with Crippen LogP contribution in [0.25, 0.3) is 0 Å². The average Bonchev–Trinajstić information content (AvgIpc) is 2.83. The first-order valence-corrected chi connectivity index (χ1v) is 9.87. The maximum absolute atomic E-state index is 11.2. The summed E-state index contributed by atoms with van der Waals surface area (Å²) in [5, 5.41) is 1.20. The maximum atomic E-state index is 11.2. The minimum absolute atomic E-state index is 0.783. The number of hydrogen-bond acceptors (Lipinski definition) is 2. The van der Waals surface area contributed by atoms with Gasteiger partial charge in [-0.05, 0) is 18.4 Å². The van der Waals surface area contributed by atoms with Crippen molar-refractivity contribution < 1.29 is 9.21 Å². The number of carbonyl (C=O) groups is 1. The Labute approximate surface area is 112 Å². The van der Waals surface area contributed by atoms with Gasteiger partial charge >= 0.3 is 0 Å². The van der Waals surface area contributed by atoms with E-state index in [1.807, 2.05) is 0 Å². The van der Waals surface area contributed by atoms with Gasteiger partial charge in [-0.1, -0.05) is 52.2 Å². The normalized spacial score (nSPS) is 11.8. The van der Waals surface area contributed by atoms with Crippen molar-refractivity contribution in [2.75, 3.05) is 0 Å². The molecule has 0 atom stereocenters. The molecule has 0 radical (unpaired) electrons. The molecule has 102 valence electrons. The van der Waals surface area contributed by atoms with Crippen LogP contribution in [0.15, 0.2) is 10.7 Å². The van der Waals surface area contributed by atoms with E-state index in [9.17, 15) is 4.79 Å². The van der Waals surface area contributed by atoms with Gasteiger partial charge < -0.3 is 4.42 Å². The number of carbonyl (C=O) groups excluding carboxylic acids is 1. The third kappa shape index (κ3) is 2.77. The first kappa shape index (κ1) is 15.2. The van der Waals surface area contributed by atoms with E-state index in [1.54, 1.807) is 6.26 Å². The van der Waals surface area contributed by atoms with Crippen LogP contribution in [0.5, 0.6) is 0 Å². The van der Waals surface area contributed by atoms with Gasteiger partial charge in [-0.15, -0.1) is 0 Å². The molecular formula is C15H26O2Si. The molecule has 0 amide bonds. The van der Waals surface area contributed by atoms with Gasteiger partial charge in [0.15, 0.2) is 6.29 Å². The maximum Gasteiger partial charge on any atom is 0.153 e. The zero-order valence-corrected chi connectivity index (χ0v) is 13.2. The van der Waals surface area contributed by atoms with E-state index >= 15 is 0 Å². The molecule has 1 rings (SSSR count). The number of unbranched alkanes of at least 4 members (excludes halogenated alkanes) is 1. The molecule has 0 fully saturated rings. The van der Waals surface area contributed by atoms with Crippen molar-refractivity contribution in [2.45, 2.75) is 65.1 Å². The van der Waals surface area contributed by atoms with Crippen LogP contribution in [-0.2, 0) is 6.42 Å². The van der Waals surface area contributed by atoms with Crippen LogP contribution in [0.2, 0.25) is 18.1 Å². The Bertz CT molecular complexity index is 370. The summed E-state index contributed by atoms with van der Waals surface area (Å²) in [5.41, 5.74) is 2.00. The predicted octanol–water partition coefficient (Wildman–Crippen LogP) is 4.15. The topological polar surface area (TPSA) is 30.2 Å². The molecule has 0 aliphatic heterocycles. The molecule has 1 heterocycles. The number of furan rings is 1. The Hall–Kier alpha value is -0.833. The lowest BCUT2D eigenvalue weighted by Crippen LogP contribution is -2.46. The number of rotatable bonds is 8. The molecule has 0 aromatic carbocycles. The average molecular weight is 266 g/mol. The monoisotopic (exact) mass is 266 g/mol. The molecule has 3 heteroatoms. The number of aldehydes is 1. The molecule has 0 bridgehead atoms. The van der Waals surface area contributed by atoms with E-state index < -0.39 is 8.07 Å². The Morgan fingerprint density at radius 1 is 1.17 bits per heavy atom. The standard InChI is InChI=1S/C15H26O2Si/c1-5-9-10-14-13(11-16)12-17-15(14)18(6-2,7-3)8-4/h11-12H,5-10H2,1-4H3. The van der Waals surface area contributed by atoms with Gasteiger partial charge in [-0.2, -0.15) is 0 Å². The highest BCUT2D eigenvalue weighted by Gasteiger charge is 2.35. The van der Waals surface area contributed by atoms with Crippen molar-refractivity contribution in [1.82, 2.24) is 0 Å². The van der Waals surface area contributed by atoms with Gasteiger partial charge in [0.05, 0.1) is 10.9 Å². The summed E-state index contributed by atoms with van der Waals surface area (Å²) in [4.78, 5) is 11.2. The van der Waals surface area contributed by atoms with E-state index in [2.05, 4.69) is 27.7 Å². The second-order valence-electron chi connectivity index (χ2n) is 5.06. The molecule has 1 aromatic rings. The minimum Gasteiger partial charge on any atom is -0.473 e. The highest BCUT2D eigenvalue weighted by atomic mass is 28.3. The third-order valence-electron chi connectivity index (χ3n) is 4.35. The van der Waals surface area contributed by atoms with Crippen molar-refractivity contribution >= 4 is 19.7 Å². The summed E-state index contributed by atoms with van der Waals surface area (Å²) in [6.07, 6.45) is 5.91. The van der Waals surface area contributed by atoms with Crippen molar-refractivity contribution in [3.05, 3.63) is 17.4 Å². The van der Waals surface area contributed by atoms with Gasteiger partial charge in [-0.25, -0.2) is 0 Å². The van der Waals surface area contributed by atoms with Crippen molar-refractivity contribution in [2.24, 2.45) is 0 Å². The van der Waals surface area contributed by atoms with E-state index in [-0.39, 0.29) is 0 Å². The Morgan fingerprint density at radius 3 is 2.22 bits per heavy atom. The van der Waals surface area contributed by atoms with Crippen LogP contribution in [-0.4, -0.2) is 14.4 Å². The summed E-state index contributed by atoms with van der Waals surface area (Å²) < 4.78 is 5.85. The quantitative estimate of drug-likeness (QED) is 0.522. The van der Waals surface area contributed by atoms with Gasteiger partial charge in [0, 0.05) is 0 Å². The molecule has 0 saturated carbocycles. The Morgan fingerprint density at radius 2 is 1.78 bits per heavy atom. The fourth-order valence-electron chi connectivity index (χ4n) is 2.78. The lowest BCUT2D eigenvalue weighted by atomic mass is 10.1. The lowest BCUT2D eigenvalue weighted by Gasteiger charge is -2.26. The van der Waals surface area contributed by atoms with Gasteiger partial charge in [0.1, 0.15) is 14.3 Å². The second kappa shape index (κ2) is 6.93. The molecule has 0 saturated heterocycles. The Balaban J connectivity index is 3.21. The molecule has 0 N–H and O–H groups in total. The fourth-order valence-corrected chi connectivity index (χ4v) is 6.46. The smallest absolute Gasteiger partial charge is 0.153 e. The van der Waals surface area contributed by atoms with Crippen molar-refractivity contribution in [3.8, 4) is 0 Å². The first-order valence-electron chi connectivity index (χ1n) is 7.25. The lowest BCUT2D eigenvalue weighted by molar-refractivity contribution is 0.112. The molecule has 18 heavy (non-hydrogen) atoms. The molecule has 0 aliphatic carbocycles. The van der Waals surface area contributed by atoms with Crippen LogP contribution < -0.4 is 5.38 Å². The molecular weight excluding hydrogens is 240 g/mol. The highest BCUT2D eigenvalue weighted by molar-refractivity contribution is 6.91. The van der Waals surface area contributed by atoms with Crippen LogP contribution in [0.1, 0.15) is 56.5 Å². The third-order valence-corrected chi connectivity index (χ3v) is 9.79. The van der Waals surface area contributed by atoms with Gasteiger partial charge in [0.2, 0.25) is 0 Å². The largest absolute Gasteiger partial charge is 0.473 e. The van der Waals surface area contributed by atoms with Crippen LogP contribution in [0, 0.1) is 0 Å². The number of hydrogen-bond donors (Lipinski definition) is 0. The summed E-state index contributed by atoms with van der Waals surface area (Å²) in [7, 11) is -1.51. The fraction of sp³-hybridized carbons (Fsp3) is 0.667. The first-order chi connectivity index (χ1) is 8.68. The molecule has 1 aromatic heterocycles. The molecule has 0 unspecified atom stereocenters. The highest BCUT2D eigenvalue weighted by Crippen LogP contribution is 2.24. The minimum atomic E-state index is -1.51. The van der Waals surface area contributed by atoms with E-state index in [1.165, 1.54) is 29.1 Å². The summed E-state index contributed by atoms with van der Waals surface area (Å²) in [6, 6.07) is 3.60. The zero-order valence-electron chi connectivity index (χ0n) is 12.2. The summed E-state index contributed by atoms with van der Waals surface area (Å²) >= 11 is 0. The molecule has 0 spiro atoms. The Kier molecular flexibility index (Phi) is 5.86. The van der Waals surface area contributed by atoms with E-state index in [0.29, 0.717) is 0 Å². The van der Waals surface area contributed by atoms with Crippen LogP contribution in [0.3, 0.4) is 0 Å². The zero-order chi connectivity index (χ0) is 13.6. The van der Waals surface area contributed by atoms with E-state index in [4.69, 9.17) is 4.42 Å². The van der Waals surface area contributed by atoms with Crippen molar-refractivity contribution in [3.63, 3.8) is 0 Å². The van der Waals surface area contributed by atoms with Gasteiger partial charge in [0.25, 0.3) is 0 Å². The SMILES string of the molecule is CCCCc1c(C=O)coc1[Si](CC)(CC)CC. The molecule has 2 nitrogen and oxygen atoms in total. The van der Waals surface area contributed by atoms with E-state index in [0.717, 1.165) is 31.1 Å². The van der Waals surface area contributed by atoms with Gasteiger partial charge in [-0.3, -0.25) is 4.79 Å². The summed E-state index contributed by atoms with van der Waals surface area (Å²) in [6.45, 7) is 8.99. The predicted molar refractivity (Wildman–Crippen MR) is 79.5 cm³/mol. The van der Waals surface area contributed by atoms with Crippen LogP contribution in [0.4, 0.5) is 0 Å².